The molecule has 144 valence electrons. The van der Waals surface area contributed by atoms with Crippen LogP contribution >= 0.6 is 11.8 Å². The summed E-state index contributed by atoms with van der Waals surface area (Å²) >= 11 is 2.08. The van der Waals surface area contributed by atoms with Crippen LogP contribution in [0.1, 0.15) is 51.5 Å². The topological polar surface area (TPSA) is 52.6 Å². The summed E-state index contributed by atoms with van der Waals surface area (Å²) in [6.45, 7) is 9.26. The van der Waals surface area contributed by atoms with E-state index in [2.05, 4.69) is 58.3 Å². The van der Waals surface area contributed by atoms with Gasteiger partial charge in [0.1, 0.15) is 5.82 Å². The van der Waals surface area contributed by atoms with Gasteiger partial charge in [-0.3, -0.25) is 0 Å². The van der Waals surface area contributed by atoms with E-state index < -0.39 is 0 Å². The van der Waals surface area contributed by atoms with Gasteiger partial charge in [-0.2, -0.15) is 11.8 Å². The molecule has 0 spiro atoms. The van der Waals surface area contributed by atoms with E-state index >= 15 is 0 Å². The van der Waals surface area contributed by atoms with Crippen molar-refractivity contribution in [1.29, 1.82) is 0 Å². The van der Waals surface area contributed by atoms with Crippen LogP contribution in [0.2, 0.25) is 0 Å². The van der Waals surface area contributed by atoms with E-state index in [0.717, 1.165) is 38.0 Å². The van der Waals surface area contributed by atoms with Gasteiger partial charge in [0.2, 0.25) is 0 Å². The van der Waals surface area contributed by atoms with E-state index in [-0.39, 0.29) is 0 Å². The number of anilines is 1. The summed E-state index contributed by atoms with van der Waals surface area (Å²) in [7, 11) is 0. The number of nitrogens with zero attached hydrogens (tertiary/aromatic N) is 3. The second-order valence-electron chi connectivity index (χ2n) is 7.52. The standard InChI is InChI=1S/C20H33N5S/c1-3-21-19(24-16-20(2)9-7-13-26-20)23-15-17-8-10-22-18(14-17)25-11-5-4-6-12-25/h8,10,14H,3-7,9,11-13,15-16H2,1-2H3,(H2,21,23,24). The minimum absolute atomic E-state index is 0.342. The maximum Gasteiger partial charge on any atom is 0.191 e. The molecule has 3 rings (SSSR count). The molecule has 0 saturated carbocycles. The number of pyridine rings is 1. The fourth-order valence-electron chi connectivity index (χ4n) is 3.61. The molecule has 0 bridgehead atoms. The SMILES string of the molecule is CCNC(=NCc1ccnc(N2CCCCC2)c1)NCC1(C)CCCS1. The molecule has 1 aromatic heterocycles. The lowest BCUT2D eigenvalue weighted by molar-refractivity contribution is 0.573. The Morgan fingerprint density at radius 2 is 2.12 bits per heavy atom. The van der Waals surface area contributed by atoms with Crippen LogP contribution in [0.15, 0.2) is 23.3 Å². The van der Waals surface area contributed by atoms with E-state index in [0.29, 0.717) is 11.3 Å². The van der Waals surface area contributed by atoms with E-state index in [1.807, 2.05) is 6.20 Å². The molecule has 2 saturated heterocycles. The Kier molecular flexibility index (Phi) is 7.06. The second kappa shape index (κ2) is 9.49. The van der Waals surface area contributed by atoms with Crippen molar-refractivity contribution < 1.29 is 0 Å². The predicted molar refractivity (Wildman–Crippen MR) is 113 cm³/mol. The second-order valence-corrected chi connectivity index (χ2v) is 9.20. The van der Waals surface area contributed by atoms with E-state index in [1.165, 1.54) is 43.4 Å². The zero-order chi connectivity index (χ0) is 18.2. The van der Waals surface area contributed by atoms with Gasteiger partial charge in [0.25, 0.3) is 0 Å². The summed E-state index contributed by atoms with van der Waals surface area (Å²) in [5.74, 6) is 3.30. The fourth-order valence-corrected chi connectivity index (χ4v) is 4.86. The Hall–Kier alpha value is -1.43. The molecule has 2 N–H and O–H groups in total. The Labute approximate surface area is 162 Å². The van der Waals surface area contributed by atoms with Crippen molar-refractivity contribution in [3.8, 4) is 0 Å². The largest absolute Gasteiger partial charge is 0.357 e. The normalized spacial score (nSPS) is 23.9. The van der Waals surface area contributed by atoms with Crippen molar-refractivity contribution >= 4 is 23.5 Å². The summed E-state index contributed by atoms with van der Waals surface area (Å²) in [6, 6.07) is 4.28. The smallest absolute Gasteiger partial charge is 0.191 e. The van der Waals surface area contributed by atoms with Gasteiger partial charge in [-0.15, -0.1) is 0 Å². The number of guanidine groups is 1. The summed E-state index contributed by atoms with van der Waals surface area (Å²) in [5.41, 5.74) is 1.22. The number of rotatable bonds is 6. The van der Waals surface area contributed by atoms with Crippen LogP contribution in [0.4, 0.5) is 5.82 Å². The first-order valence-electron chi connectivity index (χ1n) is 10.0. The van der Waals surface area contributed by atoms with Crippen LogP contribution in [0.25, 0.3) is 0 Å². The lowest BCUT2D eigenvalue weighted by atomic mass is 10.1. The molecule has 3 heterocycles. The first-order valence-corrected chi connectivity index (χ1v) is 11.0. The average molecular weight is 376 g/mol. The molecule has 0 aromatic carbocycles. The highest BCUT2D eigenvalue weighted by molar-refractivity contribution is 8.00. The third-order valence-electron chi connectivity index (χ3n) is 5.18. The number of thioether (sulfide) groups is 1. The first-order chi connectivity index (χ1) is 12.7. The van der Waals surface area contributed by atoms with Crippen molar-refractivity contribution in [2.24, 2.45) is 4.99 Å². The van der Waals surface area contributed by atoms with Crippen molar-refractivity contribution in [1.82, 2.24) is 15.6 Å². The van der Waals surface area contributed by atoms with Crippen molar-refractivity contribution in [3.63, 3.8) is 0 Å². The average Bonchev–Trinajstić information content (AvgIpc) is 3.12. The van der Waals surface area contributed by atoms with Gasteiger partial charge in [0.15, 0.2) is 5.96 Å². The Bertz CT molecular complexity index is 592. The van der Waals surface area contributed by atoms with Gasteiger partial charge in [-0.25, -0.2) is 9.98 Å². The van der Waals surface area contributed by atoms with Crippen LogP contribution in [0.3, 0.4) is 0 Å². The van der Waals surface area contributed by atoms with Gasteiger partial charge in [-0.05, 0) is 69.4 Å². The highest BCUT2D eigenvalue weighted by Crippen LogP contribution is 2.36. The maximum absolute atomic E-state index is 4.80. The summed E-state index contributed by atoms with van der Waals surface area (Å²) in [6.07, 6.45) is 8.42. The lowest BCUT2D eigenvalue weighted by Crippen LogP contribution is -2.43. The molecule has 0 radical (unpaired) electrons. The zero-order valence-electron chi connectivity index (χ0n) is 16.3. The molecule has 1 unspecified atom stereocenters. The molecule has 0 aliphatic carbocycles. The molecule has 2 aliphatic rings. The zero-order valence-corrected chi connectivity index (χ0v) is 17.1. The molecule has 5 nitrogen and oxygen atoms in total. The van der Waals surface area contributed by atoms with E-state index in [4.69, 9.17) is 4.99 Å². The van der Waals surface area contributed by atoms with Crippen molar-refractivity contribution in [2.75, 3.05) is 36.8 Å². The van der Waals surface area contributed by atoms with E-state index in [1.54, 1.807) is 0 Å². The van der Waals surface area contributed by atoms with Gasteiger partial charge in [0, 0.05) is 37.1 Å². The number of aromatic nitrogens is 1. The molecule has 6 heteroatoms. The maximum atomic E-state index is 4.80. The molecule has 0 amide bonds. The van der Waals surface area contributed by atoms with Crippen LogP contribution < -0.4 is 15.5 Å². The summed E-state index contributed by atoms with van der Waals surface area (Å²) in [5, 5.41) is 6.92. The van der Waals surface area contributed by atoms with Gasteiger partial charge >= 0.3 is 0 Å². The Morgan fingerprint density at radius 3 is 2.85 bits per heavy atom. The van der Waals surface area contributed by atoms with Crippen LogP contribution in [0.5, 0.6) is 0 Å². The summed E-state index contributed by atoms with van der Waals surface area (Å²) < 4.78 is 0.342. The monoisotopic (exact) mass is 375 g/mol. The highest BCUT2D eigenvalue weighted by Gasteiger charge is 2.29. The van der Waals surface area contributed by atoms with Gasteiger partial charge in [0.05, 0.1) is 6.54 Å². The molecule has 26 heavy (non-hydrogen) atoms. The number of hydrogen-bond donors (Lipinski definition) is 2. The van der Waals surface area contributed by atoms with Crippen molar-refractivity contribution in [2.45, 2.75) is 57.2 Å². The fraction of sp³-hybridized carbons (Fsp3) is 0.700. The number of hydrogen-bond acceptors (Lipinski definition) is 4. The molecular weight excluding hydrogens is 342 g/mol. The Morgan fingerprint density at radius 1 is 1.27 bits per heavy atom. The van der Waals surface area contributed by atoms with Crippen molar-refractivity contribution in [3.05, 3.63) is 23.9 Å². The number of nitrogens with one attached hydrogen (secondary N) is 2. The molecule has 1 atom stereocenters. The minimum atomic E-state index is 0.342. The minimum Gasteiger partial charge on any atom is -0.357 e. The third-order valence-corrected chi connectivity index (χ3v) is 6.72. The van der Waals surface area contributed by atoms with E-state index in [9.17, 15) is 0 Å². The Balaban J connectivity index is 1.59. The predicted octanol–water partition coefficient (Wildman–Crippen LogP) is 3.41. The van der Waals surface area contributed by atoms with Crippen LogP contribution in [-0.4, -0.2) is 47.6 Å². The van der Waals surface area contributed by atoms with Gasteiger partial charge < -0.3 is 15.5 Å². The molecular formula is C20H33N5S. The number of aliphatic imine (C=N–C) groups is 1. The number of piperidine rings is 1. The molecule has 1 aromatic rings. The summed E-state index contributed by atoms with van der Waals surface area (Å²) in [4.78, 5) is 11.8. The van der Waals surface area contributed by atoms with Crippen LogP contribution in [-0.2, 0) is 6.54 Å². The van der Waals surface area contributed by atoms with Gasteiger partial charge in [-0.1, -0.05) is 0 Å². The molecule has 2 aliphatic heterocycles. The first kappa shape index (κ1) is 19.3. The van der Waals surface area contributed by atoms with Crippen LogP contribution in [0, 0.1) is 0 Å². The molecule has 2 fully saturated rings. The third kappa shape index (κ3) is 5.53. The lowest BCUT2D eigenvalue weighted by Gasteiger charge is -2.27. The highest BCUT2D eigenvalue weighted by atomic mass is 32.2. The quantitative estimate of drug-likeness (QED) is 0.589.